The SMILES string of the molecule is CC(C)c1nc(CC(=O)O)c(F)s1. The van der Waals surface area contributed by atoms with Crippen LogP contribution in [0.2, 0.25) is 0 Å². The third kappa shape index (κ3) is 2.48. The van der Waals surface area contributed by atoms with Gasteiger partial charge in [0.15, 0.2) is 5.13 Å². The van der Waals surface area contributed by atoms with Crippen molar-refractivity contribution in [2.45, 2.75) is 26.2 Å². The lowest BCUT2D eigenvalue weighted by Crippen LogP contribution is -2.02. The highest BCUT2D eigenvalue weighted by molar-refractivity contribution is 7.10. The number of aliphatic carboxylic acids is 1. The van der Waals surface area contributed by atoms with Crippen molar-refractivity contribution in [3.05, 3.63) is 15.8 Å². The first-order valence-corrected chi connectivity index (χ1v) is 4.69. The molecule has 0 saturated heterocycles. The van der Waals surface area contributed by atoms with Crippen LogP contribution >= 0.6 is 11.3 Å². The van der Waals surface area contributed by atoms with E-state index in [-0.39, 0.29) is 18.0 Å². The third-order valence-electron chi connectivity index (χ3n) is 1.48. The largest absolute Gasteiger partial charge is 0.481 e. The first-order valence-electron chi connectivity index (χ1n) is 3.87. The second kappa shape index (κ2) is 3.83. The molecule has 0 aliphatic carbocycles. The Morgan fingerprint density at radius 3 is 2.69 bits per heavy atom. The van der Waals surface area contributed by atoms with Crippen molar-refractivity contribution in [3.8, 4) is 0 Å². The maximum absolute atomic E-state index is 13.0. The Morgan fingerprint density at radius 1 is 1.69 bits per heavy atom. The van der Waals surface area contributed by atoms with E-state index in [1.807, 2.05) is 13.8 Å². The van der Waals surface area contributed by atoms with Crippen LogP contribution in [0.1, 0.15) is 30.5 Å². The van der Waals surface area contributed by atoms with Crippen LogP contribution in [-0.2, 0) is 11.2 Å². The molecule has 0 atom stereocenters. The first kappa shape index (κ1) is 10.1. The maximum Gasteiger partial charge on any atom is 0.309 e. The summed E-state index contributed by atoms with van der Waals surface area (Å²) >= 11 is 0.923. The first-order chi connectivity index (χ1) is 6.00. The molecular weight excluding hydrogens is 193 g/mol. The summed E-state index contributed by atoms with van der Waals surface area (Å²) in [5.41, 5.74) is 0.0428. The van der Waals surface area contributed by atoms with Crippen LogP contribution in [0.3, 0.4) is 0 Å². The minimum atomic E-state index is -1.06. The Morgan fingerprint density at radius 2 is 2.31 bits per heavy atom. The Kier molecular flexibility index (Phi) is 2.98. The van der Waals surface area contributed by atoms with Gasteiger partial charge in [0.25, 0.3) is 0 Å². The fourth-order valence-electron chi connectivity index (χ4n) is 0.850. The standard InChI is InChI=1S/C8H10FNO2S/c1-4(2)8-10-5(3-6(11)12)7(9)13-8/h4H,3H2,1-2H3,(H,11,12). The summed E-state index contributed by atoms with van der Waals surface area (Å²) in [5.74, 6) is -0.915. The summed E-state index contributed by atoms with van der Waals surface area (Å²) in [6.07, 6.45) is -0.338. The van der Waals surface area contributed by atoms with Gasteiger partial charge in [-0.3, -0.25) is 4.79 Å². The summed E-state index contributed by atoms with van der Waals surface area (Å²) < 4.78 is 13.0. The second-order valence-electron chi connectivity index (χ2n) is 3.00. The molecule has 0 aliphatic heterocycles. The van der Waals surface area contributed by atoms with E-state index in [9.17, 15) is 9.18 Å². The zero-order valence-electron chi connectivity index (χ0n) is 7.37. The van der Waals surface area contributed by atoms with Gasteiger partial charge in [0.05, 0.1) is 17.1 Å². The van der Waals surface area contributed by atoms with Crippen LogP contribution in [0.15, 0.2) is 0 Å². The quantitative estimate of drug-likeness (QED) is 0.817. The Bertz CT molecular complexity index is 322. The monoisotopic (exact) mass is 203 g/mol. The molecule has 0 aliphatic rings. The van der Waals surface area contributed by atoms with Gasteiger partial charge >= 0.3 is 5.97 Å². The van der Waals surface area contributed by atoms with Crippen LogP contribution in [0.5, 0.6) is 0 Å². The van der Waals surface area contributed by atoms with Crippen molar-refractivity contribution in [1.82, 2.24) is 4.98 Å². The molecule has 0 spiro atoms. The lowest BCUT2D eigenvalue weighted by atomic mass is 10.2. The van der Waals surface area contributed by atoms with E-state index in [1.165, 1.54) is 0 Å². The molecule has 0 amide bonds. The van der Waals surface area contributed by atoms with Gasteiger partial charge in [-0.2, -0.15) is 4.39 Å². The molecule has 1 heterocycles. The number of hydrogen-bond donors (Lipinski definition) is 1. The van der Waals surface area contributed by atoms with E-state index in [4.69, 9.17) is 5.11 Å². The molecule has 3 nitrogen and oxygen atoms in total. The van der Waals surface area contributed by atoms with E-state index in [1.54, 1.807) is 0 Å². The number of carboxylic acids is 1. The molecule has 0 fully saturated rings. The molecule has 0 unspecified atom stereocenters. The minimum Gasteiger partial charge on any atom is -0.481 e. The van der Waals surface area contributed by atoms with E-state index < -0.39 is 11.1 Å². The van der Waals surface area contributed by atoms with Crippen LogP contribution < -0.4 is 0 Å². The summed E-state index contributed by atoms with van der Waals surface area (Å²) in [6, 6.07) is 0. The number of rotatable bonds is 3. The zero-order valence-corrected chi connectivity index (χ0v) is 8.19. The molecular formula is C8H10FNO2S. The highest BCUT2D eigenvalue weighted by atomic mass is 32.1. The lowest BCUT2D eigenvalue weighted by Gasteiger charge is -1.95. The van der Waals surface area contributed by atoms with Crippen molar-refractivity contribution < 1.29 is 14.3 Å². The number of nitrogens with zero attached hydrogens (tertiary/aromatic N) is 1. The average molecular weight is 203 g/mol. The van der Waals surface area contributed by atoms with E-state index in [0.717, 1.165) is 11.3 Å². The minimum absolute atomic E-state index is 0.0428. The molecule has 1 aromatic heterocycles. The highest BCUT2D eigenvalue weighted by Gasteiger charge is 2.15. The normalized spacial score (nSPS) is 10.8. The molecule has 1 N–H and O–H groups in total. The topological polar surface area (TPSA) is 50.2 Å². The van der Waals surface area contributed by atoms with Gasteiger partial charge in [0.2, 0.25) is 0 Å². The number of halogens is 1. The molecule has 1 rings (SSSR count). The molecule has 13 heavy (non-hydrogen) atoms. The molecule has 72 valence electrons. The van der Waals surface area contributed by atoms with Gasteiger partial charge in [0, 0.05) is 5.92 Å². The van der Waals surface area contributed by atoms with Crippen molar-refractivity contribution in [3.63, 3.8) is 0 Å². The van der Waals surface area contributed by atoms with Crippen LogP contribution in [0, 0.1) is 5.13 Å². The number of carboxylic acid groups (broad SMARTS) is 1. The van der Waals surface area contributed by atoms with Crippen LogP contribution in [0.25, 0.3) is 0 Å². The van der Waals surface area contributed by atoms with Crippen molar-refractivity contribution in [2.75, 3.05) is 0 Å². The van der Waals surface area contributed by atoms with Gasteiger partial charge < -0.3 is 5.11 Å². The highest BCUT2D eigenvalue weighted by Crippen LogP contribution is 2.23. The summed E-state index contributed by atoms with van der Waals surface area (Å²) in [5, 5.41) is 8.60. The molecule has 0 saturated carbocycles. The average Bonchev–Trinajstić information content (AvgIpc) is 2.31. The van der Waals surface area contributed by atoms with Crippen molar-refractivity contribution >= 4 is 17.3 Å². The summed E-state index contributed by atoms with van der Waals surface area (Å²) in [6.45, 7) is 3.78. The number of aromatic nitrogens is 1. The zero-order chi connectivity index (χ0) is 10.0. The van der Waals surface area contributed by atoms with Gasteiger partial charge in [0.1, 0.15) is 0 Å². The predicted octanol–water partition coefficient (Wildman–Crippen LogP) is 2.03. The maximum atomic E-state index is 13.0. The fraction of sp³-hybridized carbons (Fsp3) is 0.500. The van der Waals surface area contributed by atoms with Crippen LogP contribution in [-0.4, -0.2) is 16.1 Å². The molecule has 0 bridgehead atoms. The van der Waals surface area contributed by atoms with E-state index >= 15 is 0 Å². The summed E-state index contributed by atoms with van der Waals surface area (Å²) in [4.78, 5) is 14.2. The van der Waals surface area contributed by atoms with E-state index in [0.29, 0.717) is 5.01 Å². The molecule has 1 aromatic rings. The Hall–Kier alpha value is -0.970. The lowest BCUT2D eigenvalue weighted by molar-refractivity contribution is -0.136. The number of thiazole rings is 1. The van der Waals surface area contributed by atoms with Crippen LogP contribution in [0.4, 0.5) is 4.39 Å². The smallest absolute Gasteiger partial charge is 0.309 e. The van der Waals surface area contributed by atoms with Crippen molar-refractivity contribution in [1.29, 1.82) is 0 Å². The molecule has 0 radical (unpaired) electrons. The number of hydrogen-bond acceptors (Lipinski definition) is 3. The second-order valence-corrected chi connectivity index (χ2v) is 3.98. The predicted molar refractivity (Wildman–Crippen MR) is 47.5 cm³/mol. The van der Waals surface area contributed by atoms with Crippen molar-refractivity contribution in [2.24, 2.45) is 0 Å². The van der Waals surface area contributed by atoms with Gasteiger partial charge in [-0.05, 0) is 0 Å². The van der Waals surface area contributed by atoms with Gasteiger partial charge in [-0.1, -0.05) is 25.2 Å². The van der Waals surface area contributed by atoms with Gasteiger partial charge in [-0.15, -0.1) is 0 Å². The number of carbonyl (C=O) groups is 1. The van der Waals surface area contributed by atoms with Gasteiger partial charge in [-0.25, -0.2) is 4.98 Å². The fourth-order valence-corrected chi connectivity index (χ4v) is 1.66. The molecule has 0 aromatic carbocycles. The summed E-state index contributed by atoms with van der Waals surface area (Å²) in [7, 11) is 0. The third-order valence-corrected chi connectivity index (χ3v) is 2.67. The Labute approximate surface area is 79.2 Å². The molecule has 5 heteroatoms. The van der Waals surface area contributed by atoms with E-state index in [2.05, 4.69) is 4.98 Å². The Balaban J connectivity index is 2.89.